The minimum atomic E-state index is -1.09. The van der Waals surface area contributed by atoms with Crippen molar-refractivity contribution in [2.75, 3.05) is 19.3 Å². The summed E-state index contributed by atoms with van der Waals surface area (Å²) >= 11 is 1.57. The standard InChI is InChI=1S/C23H28N2O4S/c1-30-19-14-25(20(26)13-18(19)17-7-3-2-4-8-17)16-23(29)11-12-24(21(27)28)15-22(23)9-5-6-10-22/h2-4,7-8,13-14,29H,5-6,9-12,15-16H2,1H3,(H,27,28). The van der Waals surface area contributed by atoms with Crippen LogP contribution in [0.5, 0.6) is 0 Å². The summed E-state index contributed by atoms with van der Waals surface area (Å²) in [6.07, 6.45) is 6.79. The summed E-state index contributed by atoms with van der Waals surface area (Å²) in [6.45, 7) is 0.826. The van der Waals surface area contributed by atoms with Gasteiger partial charge in [-0.15, -0.1) is 11.8 Å². The van der Waals surface area contributed by atoms with Crippen molar-refractivity contribution in [2.24, 2.45) is 5.41 Å². The Kier molecular flexibility index (Phi) is 5.68. The summed E-state index contributed by atoms with van der Waals surface area (Å²) in [6, 6.07) is 11.5. The number of rotatable bonds is 4. The van der Waals surface area contributed by atoms with Gasteiger partial charge in [-0.25, -0.2) is 4.79 Å². The van der Waals surface area contributed by atoms with Crippen LogP contribution in [0.25, 0.3) is 11.1 Å². The van der Waals surface area contributed by atoms with Crippen LogP contribution in [0, 0.1) is 5.41 Å². The third kappa shape index (κ3) is 3.65. The van der Waals surface area contributed by atoms with Gasteiger partial charge in [-0.3, -0.25) is 4.79 Å². The first-order valence-corrected chi connectivity index (χ1v) is 11.6. The molecule has 30 heavy (non-hydrogen) atoms. The number of carboxylic acid groups (broad SMARTS) is 1. The number of carbonyl (C=O) groups is 1. The molecule has 1 amide bonds. The molecule has 1 aromatic carbocycles. The van der Waals surface area contributed by atoms with Crippen molar-refractivity contribution in [3.63, 3.8) is 0 Å². The van der Waals surface area contributed by atoms with Crippen LogP contribution in [0.3, 0.4) is 0 Å². The number of thioether (sulfide) groups is 1. The Hall–Kier alpha value is -2.25. The summed E-state index contributed by atoms with van der Waals surface area (Å²) in [7, 11) is 0. The van der Waals surface area contributed by atoms with E-state index in [0.29, 0.717) is 19.5 Å². The third-order valence-electron chi connectivity index (χ3n) is 6.93. The highest BCUT2D eigenvalue weighted by molar-refractivity contribution is 7.98. The molecule has 0 radical (unpaired) electrons. The van der Waals surface area contributed by atoms with E-state index in [0.717, 1.165) is 41.7 Å². The van der Waals surface area contributed by atoms with Crippen molar-refractivity contribution in [3.8, 4) is 11.1 Å². The fourth-order valence-corrected chi connectivity index (χ4v) is 5.85. The highest BCUT2D eigenvalue weighted by atomic mass is 32.2. The smallest absolute Gasteiger partial charge is 0.407 e. The second kappa shape index (κ2) is 8.12. The van der Waals surface area contributed by atoms with Gasteiger partial charge in [0.15, 0.2) is 0 Å². The lowest BCUT2D eigenvalue weighted by Crippen LogP contribution is -2.62. The second-order valence-electron chi connectivity index (χ2n) is 8.56. The summed E-state index contributed by atoms with van der Waals surface area (Å²) in [5.41, 5.74) is 0.164. The monoisotopic (exact) mass is 428 g/mol. The molecule has 7 heteroatoms. The first-order valence-electron chi connectivity index (χ1n) is 10.4. The molecule has 1 unspecified atom stereocenters. The Morgan fingerprint density at radius 2 is 1.87 bits per heavy atom. The lowest BCUT2D eigenvalue weighted by Gasteiger charge is -2.51. The first-order chi connectivity index (χ1) is 14.4. The van der Waals surface area contributed by atoms with Gasteiger partial charge in [-0.1, -0.05) is 43.2 Å². The second-order valence-corrected chi connectivity index (χ2v) is 9.41. The van der Waals surface area contributed by atoms with Crippen LogP contribution in [-0.4, -0.2) is 50.7 Å². The van der Waals surface area contributed by atoms with Gasteiger partial charge < -0.3 is 19.7 Å². The zero-order valence-corrected chi connectivity index (χ0v) is 18.0. The molecule has 2 fully saturated rings. The molecule has 4 rings (SSSR count). The highest BCUT2D eigenvalue weighted by Gasteiger charge is 2.55. The number of piperidine rings is 1. The number of aromatic nitrogens is 1. The van der Waals surface area contributed by atoms with Crippen LogP contribution in [0.15, 0.2) is 52.3 Å². The van der Waals surface area contributed by atoms with Crippen molar-refractivity contribution in [2.45, 2.75) is 49.1 Å². The topological polar surface area (TPSA) is 82.8 Å². The predicted molar refractivity (Wildman–Crippen MR) is 118 cm³/mol. The maximum Gasteiger partial charge on any atom is 0.407 e. The Balaban J connectivity index is 1.69. The fourth-order valence-electron chi connectivity index (χ4n) is 5.23. The average molecular weight is 429 g/mol. The molecule has 2 aromatic rings. The van der Waals surface area contributed by atoms with E-state index in [-0.39, 0.29) is 12.1 Å². The molecule has 1 atom stereocenters. The summed E-state index contributed by atoms with van der Waals surface area (Å²) in [5, 5.41) is 21.2. The van der Waals surface area contributed by atoms with E-state index in [1.807, 2.05) is 42.8 Å². The van der Waals surface area contributed by atoms with Gasteiger partial charge in [-0.2, -0.15) is 0 Å². The minimum Gasteiger partial charge on any atom is -0.465 e. The maximum absolute atomic E-state index is 13.0. The number of pyridine rings is 1. The Morgan fingerprint density at radius 1 is 1.17 bits per heavy atom. The van der Waals surface area contributed by atoms with Crippen molar-refractivity contribution in [3.05, 3.63) is 52.9 Å². The maximum atomic E-state index is 13.0. The summed E-state index contributed by atoms with van der Waals surface area (Å²) < 4.78 is 1.62. The lowest BCUT2D eigenvalue weighted by molar-refractivity contribution is -0.137. The van der Waals surface area contributed by atoms with Crippen molar-refractivity contribution in [1.29, 1.82) is 0 Å². The van der Waals surface area contributed by atoms with Crippen LogP contribution >= 0.6 is 11.8 Å². The fraction of sp³-hybridized carbons (Fsp3) is 0.478. The Labute approximate surface area is 180 Å². The molecule has 2 heterocycles. The largest absolute Gasteiger partial charge is 0.465 e. The number of hydrogen-bond donors (Lipinski definition) is 2. The van der Waals surface area contributed by atoms with Crippen LogP contribution in [0.1, 0.15) is 32.1 Å². The lowest BCUT2D eigenvalue weighted by atomic mass is 9.66. The summed E-state index contributed by atoms with van der Waals surface area (Å²) in [4.78, 5) is 27.0. The molecule has 0 bridgehead atoms. The summed E-state index contributed by atoms with van der Waals surface area (Å²) in [5.74, 6) is 0. The molecule has 1 aromatic heterocycles. The zero-order chi connectivity index (χ0) is 21.4. The zero-order valence-electron chi connectivity index (χ0n) is 17.2. The van der Waals surface area contributed by atoms with E-state index >= 15 is 0 Å². The normalized spacial score (nSPS) is 23.1. The van der Waals surface area contributed by atoms with E-state index in [2.05, 4.69) is 0 Å². The molecular formula is C23H28N2O4S. The van der Waals surface area contributed by atoms with Gasteiger partial charge in [0, 0.05) is 41.2 Å². The molecule has 2 N–H and O–H groups in total. The number of likely N-dealkylation sites (tertiary alicyclic amines) is 1. The number of benzene rings is 1. The third-order valence-corrected chi connectivity index (χ3v) is 7.70. The van der Waals surface area contributed by atoms with Crippen LogP contribution in [-0.2, 0) is 6.54 Å². The molecule has 1 saturated heterocycles. The molecule has 1 aliphatic heterocycles. The van der Waals surface area contributed by atoms with Crippen molar-refractivity contribution >= 4 is 17.9 Å². The minimum absolute atomic E-state index is 0.145. The Bertz CT molecular complexity index is 984. The van der Waals surface area contributed by atoms with Gasteiger partial charge in [0.1, 0.15) is 0 Å². The van der Waals surface area contributed by atoms with E-state index in [1.165, 1.54) is 4.90 Å². The van der Waals surface area contributed by atoms with Crippen LogP contribution in [0.4, 0.5) is 4.79 Å². The quantitative estimate of drug-likeness (QED) is 0.722. The van der Waals surface area contributed by atoms with Gasteiger partial charge in [-0.05, 0) is 31.1 Å². The van der Waals surface area contributed by atoms with Crippen LogP contribution < -0.4 is 5.56 Å². The number of nitrogens with zero attached hydrogens (tertiary/aromatic N) is 2. The van der Waals surface area contributed by atoms with Gasteiger partial charge >= 0.3 is 6.09 Å². The highest BCUT2D eigenvalue weighted by Crippen LogP contribution is 2.51. The number of amides is 1. The number of hydrogen-bond acceptors (Lipinski definition) is 4. The number of aliphatic hydroxyl groups is 1. The van der Waals surface area contributed by atoms with Gasteiger partial charge in [0.2, 0.25) is 0 Å². The van der Waals surface area contributed by atoms with Crippen molar-refractivity contribution < 1.29 is 15.0 Å². The average Bonchev–Trinajstić information content (AvgIpc) is 3.22. The molecule has 1 spiro atoms. The van der Waals surface area contributed by atoms with Gasteiger partial charge in [0.05, 0.1) is 12.1 Å². The molecule has 1 saturated carbocycles. The van der Waals surface area contributed by atoms with Crippen LogP contribution in [0.2, 0.25) is 0 Å². The Morgan fingerprint density at radius 3 is 2.50 bits per heavy atom. The molecule has 2 aliphatic rings. The predicted octanol–water partition coefficient (Wildman–Crippen LogP) is 3.91. The van der Waals surface area contributed by atoms with E-state index in [4.69, 9.17) is 0 Å². The van der Waals surface area contributed by atoms with E-state index < -0.39 is 17.1 Å². The van der Waals surface area contributed by atoms with E-state index in [9.17, 15) is 19.8 Å². The van der Waals surface area contributed by atoms with E-state index in [1.54, 1.807) is 22.4 Å². The molecule has 160 valence electrons. The van der Waals surface area contributed by atoms with Crippen molar-refractivity contribution in [1.82, 2.24) is 9.47 Å². The van der Waals surface area contributed by atoms with Gasteiger partial charge in [0.25, 0.3) is 5.56 Å². The SMILES string of the molecule is CSc1cn(CC2(O)CCN(C(=O)O)CC23CCCC3)c(=O)cc1-c1ccccc1. The molecule has 1 aliphatic carbocycles. The molecular weight excluding hydrogens is 400 g/mol. The molecule has 6 nitrogen and oxygen atoms in total. The first kappa shape index (κ1) is 21.0.